The van der Waals surface area contributed by atoms with Crippen molar-refractivity contribution in [2.45, 2.75) is 40.0 Å². The average molecular weight is 282 g/mol. The zero-order valence-electron chi connectivity index (χ0n) is 12.9. The molecule has 21 heavy (non-hydrogen) atoms. The van der Waals surface area contributed by atoms with Crippen molar-refractivity contribution in [1.29, 1.82) is 0 Å². The molecule has 2 heteroatoms. The summed E-state index contributed by atoms with van der Waals surface area (Å²) < 4.78 is 0. The number of hydrogen-bond acceptors (Lipinski definition) is 1. The van der Waals surface area contributed by atoms with Gasteiger partial charge in [0.15, 0.2) is 0 Å². The van der Waals surface area contributed by atoms with Gasteiger partial charge in [-0.1, -0.05) is 45.0 Å². The molecule has 0 atom stereocenters. The maximum Gasteiger partial charge on any atom is 0.335 e. The first-order valence-corrected chi connectivity index (χ1v) is 7.59. The zero-order chi connectivity index (χ0) is 15.4. The molecule has 0 aliphatic heterocycles. The summed E-state index contributed by atoms with van der Waals surface area (Å²) in [6, 6.07) is 11.8. The molecule has 0 aromatic heterocycles. The van der Waals surface area contributed by atoms with Crippen LogP contribution in [-0.4, -0.2) is 11.1 Å². The third-order valence-corrected chi connectivity index (χ3v) is 3.93. The lowest BCUT2D eigenvalue weighted by molar-refractivity contribution is 0.0697. The normalized spacial score (nSPS) is 10.6. The number of carboxylic acids is 1. The number of aromatic carboxylic acids is 1. The second kappa shape index (κ2) is 6.57. The third kappa shape index (κ3) is 3.15. The Kier molecular flexibility index (Phi) is 4.79. The highest BCUT2D eigenvalue weighted by molar-refractivity contribution is 5.90. The zero-order valence-corrected chi connectivity index (χ0v) is 12.9. The number of benzene rings is 2. The van der Waals surface area contributed by atoms with Crippen LogP contribution in [0.1, 0.15) is 47.8 Å². The largest absolute Gasteiger partial charge is 0.478 e. The summed E-state index contributed by atoms with van der Waals surface area (Å²) in [5.41, 5.74) is 6.51. The van der Waals surface area contributed by atoms with E-state index in [4.69, 9.17) is 0 Å². The van der Waals surface area contributed by atoms with E-state index in [0.717, 1.165) is 24.8 Å². The first kappa shape index (κ1) is 15.3. The molecule has 2 aromatic rings. The van der Waals surface area contributed by atoms with Gasteiger partial charge in [0.05, 0.1) is 5.56 Å². The molecule has 0 bridgehead atoms. The van der Waals surface area contributed by atoms with Gasteiger partial charge in [0.1, 0.15) is 0 Å². The molecular weight excluding hydrogens is 260 g/mol. The second-order valence-corrected chi connectivity index (χ2v) is 5.24. The van der Waals surface area contributed by atoms with E-state index in [9.17, 15) is 9.90 Å². The van der Waals surface area contributed by atoms with Gasteiger partial charge in [-0.25, -0.2) is 4.79 Å². The Hall–Kier alpha value is -2.09. The summed E-state index contributed by atoms with van der Waals surface area (Å²) in [5, 5.41) is 9.19. The highest BCUT2D eigenvalue weighted by Crippen LogP contribution is 2.31. The maximum absolute atomic E-state index is 11.2. The summed E-state index contributed by atoms with van der Waals surface area (Å²) in [6.45, 7) is 6.47. The number of rotatable bonds is 5. The molecule has 0 fully saturated rings. The van der Waals surface area contributed by atoms with Gasteiger partial charge >= 0.3 is 5.97 Å². The standard InChI is InChI=1S/C19H22O2/c1-4-13-10-14(5-2)18(15(6-3)11-13)16-8-7-9-17(12-16)19(20)21/h7-12H,4-6H2,1-3H3,(H,20,21). The Labute approximate surface area is 126 Å². The number of carboxylic acid groups (broad SMARTS) is 1. The van der Waals surface area contributed by atoms with Gasteiger partial charge in [0.2, 0.25) is 0 Å². The van der Waals surface area contributed by atoms with E-state index < -0.39 is 5.97 Å². The topological polar surface area (TPSA) is 37.3 Å². The van der Waals surface area contributed by atoms with Crippen molar-refractivity contribution in [1.82, 2.24) is 0 Å². The second-order valence-electron chi connectivity index (χ2n) is 5.24. The first-order valence-electron chi connectivity index (χ1n) is 7.59. The van der Waals surface area contributed by atoms with Crippen LogP contribution in [0.15, 0.2) is 36.4 Å². The molecular formula is C19H22O2. The fourth-order valence-corrected chi connectivity index (χ4v) is 2.78. The van der Waals surface area contributed by atoms with E-state index in [-0.39, 0.29) is 0 Å². The molecule has 0 aliphatic rings. The molecule has 2 nitrogen and oxygen atoms in total. The summed E-state index contributed by atoms with van der Waals surface area (Å²) in [5.74, 6) is -0.877. The van der Waals surface area contributed by atoms with Crippen LogP contribution >= 0.6 is 0 Å². The molecule has 0 aliphatic carbocycles. The Morgan fingerprint density at radius 2 is 1.57 bits per heavy atom. The van der Waals surface area contributed by atoms with Crippen LogP contribution in [0.5, 0.6) is 0 Å². The lowest BCUT2D eigenvalue weighted by atomic mass is 9.88. The molecule has 0 amide bonds. The fourth-order valence-electron chi connectivity index (χ4n) is 2.78. The van der Waals surface area contributed by atoms with Crippen molar-refractivity contribution in [2.75, 3.05) is 0 Å². The van der Waals surface area contributed by atoms with Gasteiger partial charge in [-0.05, 0) is 59.2 Å². The van der Waals surface area contributed by atoms with E-state index in [0.29, 0.717) is 5.56 Å². The molecule has 0 spiro atoms. The minimum atomic E-state index is -0.877. The summed E-state index contributed by atoms with van der Waals surface area (Å²) in [4.78, 5) is 11.2. The Morgan fingerprint density at radius 3 is 2.05 bits per heavy atom. The van der Waals surface area contributed by atoms with Gasteiger partial charge in [0.25, 0.3) is 0 Å². The van der Waals surface area contributed by atoms with Crippen molar-refractivity contribution in [3.05, 3.63) is 58.7 Å². The van der Waals surface area contributed by atoms with E-state index >= 15 is 0 Å². The highest BCUT2D eigenvalue weighted by atomic mass is 16.4. The van der Waals surface area contributed by atoms with Crippen LogP contribution in [0.2, 0.25) is 0 Å². The molecule has 2 rings (SSSR count). The van der Waals surface area contributed by atoms with Crippen LogP contribution in [0.3, 0.4) is 0 Å². The first-order chi connectivity index (χ1) is 10.1. The maximum atomic E-state index is 11.2. The molecule has 2 aromatic carbocycles. The summed E-state index contributed by atoms with van der Waals surface area (Å²) in [7, 11) is 0. The number of hydrogen-bond donors (Lipinski definition) is 1. The highest BCUT2D eigenvalue weighted by Gasteiger charge is 2.12. The van der Waals surface area contributed by atoms with Crippen LogP contribution in [0, 0.1) is 0 Å². The molecule has 0 radical (unpaired) electrons. The van der Waals surface area contributed by atoms with Crippen molar-refractivity contribution in [3.8, 4) is 11.1 Å². The van der Waals surface area contributed by atoms with Crippen LogP contribution in [0.4, 0.5) is 0 Å². The smallest absolute Gasteiger partial charge is 0.335 e. The van der Waals surface area contributed by atoms with Crippen LogP contribution in [-0.2, 0) is 19.3 Å². The van der Waals surface area contributed by atoms with E-state index in [2.05, 4.69) is 32.9 Å². The predicted octanol–water partition coefficient (Wildman–Crippen LogP) is 4.74. The lowest BCUT2D eigenvalue weighted by Gasteiger charge is -2.16. The molecule has 0 saturated carbocycles. The van der Waals surface area contributed by atoms with Gasteiger partial charge in [-0.2, -0.15) is 0 Å². The molecule has 0 saturated heterocycles. The lowest BCUT2D eigenvalue weighted by Crippen LogP contribution is -2.00. The van der Waals surface area contributed by atoms with Gasteiger partial charge in [-0.15, -0.1) is 0 Å². The SMILES string of the molecule is CCc1cc(CC)c(-c2cccc(C(=O)O)c2)c(CC)c1. The predicted molar refractivity (Wildman–Crippen MR) is 87.0 cm³/mol. The minimum absolute atomic E-state index is 0.344. The molecule has 0 unspecified atom stereocenters. The molecule has 0 heterocycles. The number of carbonyl (C=O) groups is 1. The van der Waals surface area contributed by atoms with E-state index in [1.807, 2.05) is 12.1 Å². The van der Waals surface area contributed by atoms with Gasteiger partial charge in [-0.3, -0.25) is 0 Å². The Morgan fingerprint density at radius 1 is 0.952 bits per heavy atom. The minimum Gasteiger partial charge on any atom is -0.478 e. The fraction of sp³-hybridized carbons (Fsp3) is 0.316. The van der Waals surface area contributed by atoms with Crippen LogP contribution < -0.4 is 0 Å². The molecule has 1 N–H and O–H groups in total. The Bertz CT molecular complexity index is 631. The van der Waals surface area contributed by atoms with Crippen molar-refractivity contribution >= 4 is 5.97 Å². The third-order valence-electron chi connectivity index (χ3n) is 3.93. The average Bonchev–Trinajstić information content (AvgIpc) is 2.53. The van der Waals surface area contributed by atoms with Gasteiger partial charge in [0, 0.05) is 0 Å². The summed E-state index contributed by atoms with van der Waals surface area (Å²) >= 11 is 0. The summed E-state index contributed by atoms with van der Waals surface area (Å²) in [6.07, 6.45) is 2.93. The number of aryl methyl sites for hydroxylation is 3. The van der Waals surface area contributed by atoms with Gasteiger partial charge < -0.3 is 5.11 Å². The van der Waals surface area contributed by atoms with Crippen molar-refractivity contribution in [2.24, 2.45) is 0 Å². The van der Waals surface area contributed by atoms with E-state index in [1.165, 1.54) is 22.3 Å². The monoisotopic (exact) mass is 282 g/mol. The quantitative estimate of drug-likeness (QED) is 0.860. The Balaban J connectivity index is 2.67. The van der Waals surface area contributed by atoms with Crippen molar-refractivity contribution in [3.63, 3.8) is 0 Å². The van der Waals surface area contributed by atoms with E-state index in [1.54, 1.807) is 12.1 Å². The van der Waals surface area contributed by atoms with Crippen molar-refractivity contribution < 1.29 is 9.90 Å². The van der Waals surface area contributed by atoms with Crippen LogP contribution in [0.25, 0.3) is 11.1 Å². The molecule has 110 valence electrons.